The van der Waals surface area contributed by atoms with Crippen LogP contribution in [0.5, 0.6) is 0 Å². The highest BCUT2D eigenvalue weighted by Gasteiger charge is 2.31. The van der Waals surface area contributed by atoms with Gasteiger partial charge in [0.1, 0.15) is 6.61 Å². The molecule has 0 saturated heterocycles. The highest BCUT2D eigenvalue weighted by Crippen LogP contribution is 2.31. The maximum absolute atomic E-state index is 11.8. The van der Waals surface area contributed by atoms with Crippen molar-refractivity contribution in [2.45, 2.75) is 44.9 Å². The van der Waals surface area contributed by atoms with Crippen molar-refractivity contribution in [3.05, 3.63) is 0 Å². The monoisotopic (exact) mass is 196 g/mol. The first-order valence-electron chi connectivity index (χ1n) is 4.69. The van der Waals surface area contributed by atoms with E-state index < -0.39 is 12.8 Å². The molecule has 1 saturated carbocycles. The molecule has 0 spiro atoms. The van der Waals surface area contributed by atoms with Gasteiger partial charge in [0.25, 0.3) is 0 Å². The van der Waals surface area contributed by atoms with Crippen LogP contribution in [0.15, 0.2) is 0 Å². The van der Waals surface area contributed by atoms with Crippen molar-refractivity contribution < 1.29 is 17.9 Å². The fourth-order valence-electron chi connectivity index (χ4n) is 1.76. The van der Waals surface area contributed by atoms with Gasteiger partial charge in [-0.15, -0.1) is 0 Å². The highest BCUT2D eigenvalue weighted by molar-refractivity contribution is 4.75. The lowest BCUT2D eigenvalue weighted by Gasteiger charge is -2.13. The molecule has 13 heavy (non-hydrogen) atoms. The molecule has 4 heteroatoms. The van der Waals surface area contributed by atoms with Gasteiger partial charge in [-0.1, -0.05) is 13.3 Å². The zero-order valence-electron chi connectivity index (χ0n) is 7.73. The predicted molar refractivity (Wildman–Crippen MR) is 43.4 cm³/mol. The Morgan fingerprint density at radius 1 is 1.31 bits per heavy atom. The number of hydrogen-bond donors (Lipinski definition) is 0. The van der Waals surface area contributed by atoms with E-state index in [1.54, 1.807) is 0 Å². The van der Waals surface area contributed by atoms with Crippen molar-refractivity contribution in [1.82, 2.24) is 0 Å². The minimum atomic E-state index is -4.18. The van der Waals surface area contributed by atoms with Crippen LogP contribution >= 0.6 is 0 Å². The first kappa shape index (κ1) is 10.8. The topological polar surface area (TPSA) is 9.23 Å². The van der Waals surface area contributed by atoms with Gasteiger partial charge in [0.15, 0.2) is 0 Å². The lowest BCUT2D eigenvalue weighted by atomic mass is 10.1. The van der Waals surface area contributed by atoms with Gasteiger partial charge in [-0.2, -0.15) is 13.2 Å². The third-order valence-electron chi connectivity index (χ3n) is 2.55. The summed E-state index contributed by atoms with van der Waals surface area (Å²) >= 11 is 0. The molecule has 2 atom stereocenters. The number of rotatable bonds is 3. The summed E-state index contributed by atoms with van der Waals surface area (Å²) in [6, 6.07) is 0. The second-order valence-electron chi connectivity index (χ2n) is 3.64. The largest absolute Gasteiger partial charge is 0.411 e. The second-order valence-corrected chi connectivity index (χ2v) is 3.64. The first-order chi connectivity index (χ1) is 6.01. The van der Waals surface area contributed by atoms with E-state index in [1.807, 2.05) is 0 Å². The van der Waals surface area contributed by atoms with E-state index in [-0.39, 0.29) is 6.10 Å². The highest BCUT2D eigenvalue weighted by atomic mass is 19.4. The van der Waals surface area contributed by atoms with Crippen LogP contribution in [0.3, 0.4) is 0 Å². The van der Waals surface area contributed by atoms with Crippen LogP contribution in [0, 0.1) is 5.92 Å². The molecule has 0 aliphatic heterocycles. The van der Waals surface area contributed by atoms with Crippen molar-refractivity contribution in [1.29, 1.82) is 0 Å². The molecule has 1 rings (SSSR count). The van der Waals surface area contributed by atoms with Gasteiger partial charge in [-0.25, -0.2) is 0 Å². The summed E-state index contributed by atoms with van der Waals surface area (Å²) in [6.07, 6.45) is -0.692. The van der Waals surface area contributed by atoms with E-state index >= 15 is 0 Å². The van der Waals surface area contributed by atoms with E-state index in [9.17, 15) is 13.2 Å². The van der Waals surface area contributed by atoms with Gasteiger partial charge in [0.05, 0.1) is 6.10 Å². The summed E-state index contributed by atoms with van der Waals surface area (Å²) in [5.41, 5.74) is 0. The number of alkyl halides is 3. The van der Waals surface area contributed by atoms with Gasteiger partial charge in [-0.05, 0) is 25.2 Å². The van der Waals surface area contributed by atoms with Crippen molar-refractivity contribution in [2.75, 3.05) is 6.61 Å². The Kier molecular flexibility index (Phi) is 3.59. The summed E-state index contributed by atoms with van der Waals surface area (Å²) in [5, 5.41) is 0. The number of halogens is 3. The van der Waals surface area contributed by atoms with Crippen molar-refractivity contribution >= 4 is 0 Å². The summed E-state index contributed by atoms with van der Waals surface area (Å²) in [4.78, 5) is 0. The normalized spacial score (nSPS) is 29.5. The van der Waals surface area contributed by atoms with Gasteiger partial charge < -0.3 is 4.74 Å². The molecule has 0 bridgehead atoms. The number of ether oxygens (including phenoxy) is 1. The SMILES string of the molecule is CCC1CCC(OCC(F)(F)F)C1. The molecule has 2 unspecified atom stereocenters. The van der Waals surface area contributed by atoms with Crippen LogP contribution in [0.4, 0.5) is 13.2 Å². The summed E-state index contributed by atoms with van der Waals surface area (Å²) < 4.78 is 40.1. The molecule has 0 N–H and O–H groups in total. The molecule has 1 aliphatic rings. The van der Waals surface area contributed by atoms with Crippen molar-refractivity contribution in [3.8, 4) is 0 Å². The minimum absolute atomic E-state index is 0.161. The van der Waals surface area contributed by atoms with Crippen LogP contribution in [0.1, 0.15) is 32.6 Å². The third kappa shape index (κ3) is 3.98. The first-order valence-corrected chi connectivity index (χ1v) is 4.69. The lowest BCUT2D eigenvalue weighted by Crippen LogP contribution is -2.21. The van der Waals surface area contributed by atoms with E-state index in [0.29, 0.717) is 5.92 Å². The molecular formula is C9H15F3O. The van der Waals surface area contributed by atoms with E-state index in [4.69, 9.17) is 4.74 Å². The van der Waals surface area contributed by atoms with Crippen LogP contribution < -0.4 is 0 Å². The summed E-state index contributed by atoms with van der Waals surface area (Å²) in [5.74, 6) is 0.568. The van der Waals surface area contributed by atoms with Crippen LogP contribution in [0.25, 0.3) is 0 Å². The fourth-order valence-corrected chi connectivity index (χ4v) is 1.76. The van der Waals surface area contributed by atoms with Crippen molar-refractivity contribution in [2.24, 2.45) is 5.92 Å². The summed E-state index contributed by atoms with van der Waals surface area (Å²) in [6.45, 7) is 0.977. The second kappa shape index (κ2) is 4.31. The molecule has 0 amide bonds. The fraction of sp³-hybridized carbons (Fsp3) is 1.00. The molecule has 78 valence electrons. The van der Waals surface area contributed by atoms with Gasteiger partial charge in [0, 0.05) is 0 Å². The Bertz CT molecular complexity index is 155. The Labute approximate surface area is 76.3 Å². The Morgan fingerprint density at radius 3 is 2.46 bits per heavy atom. The van der Waals surface area contributed by atoms with Crippen LogP contribution in [0.2, 0.25) is 0 Å². The van der Waals surface area contributed by atoms with Crippen LogP contribution in [-0.4, -0.2) is 18.9 Å². The standard InChI is InChI=1S/C9H15F3O/c1-2-7-3-4-8(5-7)13-6-9(10,11)12/h7-8H,2-6H2,1H3. The minimum Gasteiger partial charge on any atom is -0.369 e. The average Bonchev–Trinajstić information content (AvgIpc) is 2.47. The maximum Gasteiger partial charge on any atom is 0.411 e. The predicted octanol–water partition coefficient (Wildman–Crippen LogP) is 3.14. The molecule has 1 aliphatic carbocycles. The molecule has 0 aromatic carbocycles. The van der Waals surface area contributed by atoms with Gasteiger partial charge in [-0.3, -0.25) is 0 Å². The smallest absolute Gasteiger partial charge is 0.369 e. The molecular weight excluding hydrogens is 181 g/mol. The van der Waals surface area contributed by atoms with E-state index in [0.717, 1.165) is 25.7 Å². The van der Waals surface area contributed by atoms with E-state index in [2.05, 4.69) is 6.92 Å². The quantitative estimate of drug-likeness (QED) is 0.673. The van der Waals surface area contributed by atoms with Crippen molar-refractivity contribution in [3.63, 3.8) is 0 Å². The Morgan fingerprint density at radius 2 is 2.00 bits per heavy atom. The maximum atomic E-state index is 11.8. The molecule has 0 radical (unpaired) electrons. The van der Waals surface area contributed by atoms with Gasteiger partial charge in [0.2, 0.25) is 0 Å². The molecule has 1 fully saturated rings. The third-order valence-corrected chi connectivity index (χ3v) is 2.55. The Balaban J connectivity index is 2.17. The number of hydrogen-bond acceptors (Lipinski definition) is 1. The summed E-state index contributed by atoms with van der Waals surface area (Å²) in [7, 11) is 0. The zero-order chi connectivity index (χ0) is 9.90. The lowest BCUT2D eigenvalue weighted by molar-refractivity contribution is -0.184. The van der Waals surface area contributed by atoms with E-state index in [1.165, 1.54) is 0 Å². The van der Waals surface area contributed by atoms with Crippen LogP contribution in [-0.2, 0) is 4.74 Å². The molecule has 0 heterocycles. The molecule has 0 aromatic rings. The molecule has 0 aromatic heterocycles. The Hall–Kier alpha value is -0.250. The zero-order valence-corrected chi connectivity index (χ0v) is 7.73. The molecule has 1 nitrogen and oxygen atoms in total. The average molecular weight is 196 g/mol. The van der Waals surface area contributed by atoms with Gasteiger partial charge >= 0.3 is 6.18 Å².